The highest BCUT2D eigenvalue weighted by Crippen LogP contribution is 2.42. The highest BCUT2D eigenvalue weighted by Gasteiger charge is 2.42. The van der Waals surface area contributed by atoms with E-state index >= 15 is 16.8 Å². The van der Waals surface area contributed by atoms with Crippen LogP contribution in [0.2, 0.25) is 18.1 Å². The molecule has 2 N–H and O–H groups in total. The maximum atomic E-state index is 16.2. The molecule has 1 saturated heterocycles. The van der Waals surface area contributed by atoms with Crippen LogP contribution >= 0.6 is 0 Å². The van der Waals surface area contributed by atoms with Crippen molar-refractivity contribution in [2.24, 2.45) is 0 Å². The Hall–Kier alpha value is -5.75. The van der Waals surface area contributed by atoms with E-state index < -0.39 is 56.0 Å². The van der Waals surface area contributed by atoms with E-state index in [0.717, 1.165) is 5.56 Å². The minimum atomic E-state index is -4.89. The van der Waals surface area contributed by atoms with Gasteiger partial charge in [0.25, 0.3) is 0 Å². The highest BCUT2D eigenvalue weighted by atomic mass is 32.2. The van der Waals surface area contributed by atoms with Crippen LogP contribution in [0.5, 0.6) is 5.75 Å². The molecule has 0 bridgehead atoms. The Labute approximate surface area is 431 Å². The van der Waals surface area contributed by atoms with Gasteiger partial charge >= 0.3 is 12.1 Å². The lowest BCUT2D eigenvalue weighted by Gasteiger charge is -2.39. The SMILES string of the molecule is CCOC(=O)CN1CCN(c2ccc(S(=O)(=O)NC[C@@H](CNC(=O)OC(C)(C)C)O[Si](C)(C)C(C)(C)C)c(S(=O)(=O)N(Cc3ccccc3)Cc3ccccc3)c2-c2nnnn2Cc2ccc(OC)cc2)CC1. The van der Waals surface area contributed by atoms with E-state index in [-0.39, 0.29) is 68.3 Å². The molecule has 0 spiro atoms. The van der Waals surface area contributed by atoms with E-state index in [2.05, 4.69) is 25.6 Å². The van der Waals surface area contributed by atoms with Crippen LogP contribution in [0.15, 0.2) is 107 Å². The van der Waals surface area contributed by atoms with Crippen molar-refractivity contribution >= 4 is 46.1 Å². The van der Waals surface area contributed by atoms with Crippen LogP contribution in [0, 0.1) is 0 Å². The first-order valence-corrected chi connectivity index (χ1v) is 30.2. The third-order valence-electron chi connectivity index (χ3n) is 12.6. The number of aromatic nitrogens is 4. The molecule has 22 heteroatoms. The van der Waals surface area contributed by atoms with Gasteiger partial charge in [-0.3, -0.25) is 9.69 Å². The first-order valence-electron chi connectivity index (χ1n) is 24.3. The van der Waals surface area contributed by atoms with Gasteiger partial charge in [-0.2, -0.15) is 4.31 Å². The third kappa shape index (κ3) is 15.2. The van der Waals surface area contributed by atoms with Crippen molar-refractivity contribution in [3.05, 3.63) is 114 Å². The smallest absolute Gasteiger partial charge is 0.407 e. The Morgan fingerprint density at radius 2 is 1.40 bits per heavy atom. The van der Waals surface area contributed by atoms with Gasteiger partial charge in [0.2, 0.25) is 20.0 Å². The standard InChI is InChI=1S/C51H71N9O10S2Si/c1-11-68-45(61)37-57-28-30-58(31-29-57)43-26-27-44(71(63,64)53-33-42(70-73(9,10)51(5,6)7)32-52-49(62)69-50(2,3)4)47(46(43)48-54-55-56-60(48)36-40-22-24-41(67-8)25-23-40)72(65,66)59(34-38-18-14-12-15-19-38)35-39-20-16-13-17-21-39/h12-27,42,53H,11,28-37H2,1-10H3,(H,52,62)/t42-/m1/s1. The number of piperazine rings is 1. The molecule has 0 saturated carbocycles. The summed E-state index contributed by atoms with van der Waals surface area (Å²) in [6.07, 6.45) is -1.61. The first kappa shape index (κ1) is 56.5. The molecule has 1 aliphatic rings. The summed E-state index contributed by atoms with van der Waals surface area (Å²) in [6.45, 7) is 18.2. The maximum Gasteiger partial charge on any atom is 0.407 e. The second-order valence-corrected chi connectivity index (χ2v) is 28.7. The lowest BCUT2D eigenvalue weighted by molar-refractivity contribution is -0.144. The van der Waals surface area contributed by atoms with E-state index in [0.29, 0.717) is 48.7 Å². The number of nitrogens with zero attached hydrogens (tertiary/aromatic N) is 7. The molecular weight excluding hydrogens is 991 g/mol. The molecule has 1 aromatic heterocycles. The summed E-state index contributed by atoms with van der Waals surface area (Å²) in [7, 11) is -10.8. The molecule has 6 rings (SSSR count). The van der Waals surface area contributed by atoms with Crippen molar-refractivity contribution in [3.8, 4) is 17.1 Å². The first-order chi connectivity index (χ1) is 34.4. The molecule has 4 aromatic carbocycles. The number of rotatable bonds is 22. The molecule has 1 aliphatic heterocycles. The Morgan fingerprint density at radius 3 is 1.95 bits per heavy atom. The summed E-state index contributed by atoms with van der Waals surface area (Å²) in [4.78, 5) is 28.3. The fourth-order valence-corrected chi connectivity index (χ4v) is 12.7. The van der Waals surface area contributed by atoms with Crippen LogP contribution in [-0.4, -0.2) is 138 Å². The zero-order valence-corrected chi connectivity index (χ0v) is 46.3. The lowest BCUT2D eigenvalue weighted by Crippen LogP contribution is -2.51. The monoisotopic (exact) mass is 1060 g/mol. The largest absolute Gasteiger partial charge is 0.497 e. The number of benzene rings is 4. The van der Waals surface area contributed by atoms with Crippen molar-refractivity contribution < 1.29 is 45.1 Å². The van der Waals surface area contributed by atoms with Crippen molar-refractivity contribution in [2.75, 3.05) is 64.4 Å². The predicted octanol–water partition coefficient (Wildman–Crippen LogP) is 6.67. The molecule has 1 atom stereocenters. The Kier molecular flexibility index (Phi) is 18.6. The zero-order valence-electron chi connectivity index (χ0n) is 43.6. The Balaban J connectivity index is 1.56. The van der Waals surface area contributed by atoms with Gasteiger partial charge in [0.05, 0.1) is 38.5 Å². The fraction of sp³-hybridized carbons (Fsp3) is 0.471. The Morgan fingerprint density at radius 1 is 0.795 bits per heavy atom. The Bertz CT molecular complexity index is 2810. The number of amides is 1. The number of carbonyl (C=O) groups excluding carboxylic acids is 2. The summed E-state index contributed by atoms with van der Waals surface area (Å²) in [5, 5.41) is 15.4. The predicted molar refractivity (Wildman–Crippen MR) is 281 cm³/mol. The number of esters is 1. The molecule has 1 amide bonds. The summed E-state index contributed by atoms with van der Waals surface area (Å²) in [5.74, 6) is 0.258. The molecule has 0 unspecified atom stereocenters. The van der Waals surface area contributed by atoms with Gasteiger partial charge in [-0.1, -0.05) is 93.6 Å². The van der Waals surface area contributed by atoms with Crippen LogP contribution in [-0.2, 0) is 58.4 Å². The quantitative estimate of drug-likeness (QED) is 0.0547. The summed E-state index contributed by atoms with van der Waals surface area (Å²) < 4.78 is 91.6. The number of ether oxygens (including phenoxy) is 3. The summed E-state index contributed by atoms with van der Waals surface area (Å²) in [5.41, 5.74) is 1.60. The van der Waals surface area contributed by atoms with Gasteiger partial charge in [-0.15, -0.1) is 5.10 Å². The van der Waals surface area contributed by atoms with Crippen LogP contribution in [0.3, 0.4) is 0 Å². The van der Waals surface area contributed by atoms with Crippen LogP contribution < -0.4 is 19.7 Å². The number of anilines is 1. The van der Waals surface area contributed by atoms with Gasteiger partial charge in [0, 0.05) is 58.0 Å². The number of alkyl carbamates (subject to hydrolysis) is 1. The molecule has 396 valence electrons. The zero-order chi connectivity index (χ0) is 53.2. The lowest BCUT2D eigenvalue weighted by atomic mass is 10.1. The van der Waals surface area contributed by atoms with Crippen molar-refractivity contribution in [1.29, 1.82) is 0 Å². The maximum absolute atomic E-state index is 16.2. The van der Waals surface area contributed by atoms with E-state index in [4.69, 9.17) is 18.6 Å². The van der Waals surface area contributed by atoms with Crippen molar-refractivity contribution in [3.63, 3.8) is 0 Å². The van der Waals surface area contributed by atoms with Gasteiger partial charge in [-0.05, 0) is 97.2 Å². The van der Waals surface area contributed by atoms with Crippen molar-refractivity contribution in [2.45, 2.75) is 108 Å². The molecule has 19 nitrogen and oxygen atoms in total. The highest BCUT2D eigenvalue weighted by molar-refractivity contribution is 7.92. The number of tetrazole rings is 1. The van der Waals surface area contributed by atoms with Gasteiger partial charge in [0.15, 0.2) is 14.1 Å². The summed E-state index contributed by atoms with van der Waals surface area (Å²) >= 11 is 0. The minimum Gasteiger partial charge on any atom is -0.497 e. The minimum absolute atomic E-state index is 0.00420. The van der Waals surface area contributed by atoms with Crippen LogP contribution in [0.4, 0.5) is 10.5 Å². The topological polar surface area (TPSA) is 217 Å². The van der Waals surface area contributed by atoms with Gasteiger partial charge < -0.3 is 28.9 Å². The molecule has 0 aliphatic carbocycles. The second-order valence-electron chi connectivity index (χ2n) is 20.3. The molecular formula is C51H71N9O10S2Si. The van der Waals surface area contributed by atoms with Crippen LogP contribution in [0.1, 0.15) is 65.2 Å². The number of methoxy groups -OCH3 is 1. The second kappa shape index (κ2) is 24.1. The number of hydrogen-bond donors (Lipinski definition) is 2. The summed E-state index contributed by atoms with van der Waals surface area (Å²) in [6, 6.07) is 28.3. The number of sulfonamides is 2. The average molecular weight is 1060 g/mol. The average Bonchev–Trinajstić information content (AvgIpc) is 3.79. The molecule has 0 radical (unpaired) electrons. The molecule has 73 heavy (non-hydrogen) atoms. The number of hydrogen-bond acceptors (Lipinski definition) is 15. The molecule has 5 aromatic rings. The van der Waals surface area contributed by atoms with E-state index in [1.807, 2.05) is 116 Å². The van der Waals surface area contributed by atoms with E-state index in [1.165, 1.54) is 15.1 Å². The number of nitrogens with one attached hydrogen (secondary N) is 2. The molecule has 1 fully saturated rings. The van der Waals surface area contributed by atoms with E-state index in [1.54, 1.807) is 53.0 Å². The van der Waals surface area contributed by atoms with E-state index in [9.17, 15) is 9.59 Å². The van der Waals surface area contributed by atoms with Crippen LogP contribution in [0.25, 0.3) is 11.4 Å². The fourth-order valence-electron chi connectivity index (χ4n) is 7.90. The van der Waals surface area contributed by atoms with Gasteiger partial charge in [0.1, 0.15) is 21.1 Å². The van der Waals surface area contributed by atoms with Crippen molar-refractivity contribution in [1.82, 2.24) is 39.5 Å². The third-order valence-corrected chi connectivity index (χ3v) is 20.7. The normalized spacial score (nSPS) is 14.5. The van der Waals surface area contributed by atoms with Gasteiger partial charge in [-0.25, -0.2) is 31.0 Å². The number of carbonyl (C=O) groups is 2. The molecule has 2 heterocycles.